The van der Waals surface area contributed by atoms with Crippen LogP contribution in [-0.4, -0.2) is 26.9 Å². The minimum Gasteiger partial charge on any atom is -0.493 e. The van der Waals surface area contributed by atoms with Crippen molar-refractivity contribution in [3.63, 3.8) is 0 Å². The number of methoxy groups -OCH3 is 1. The van der Waals surface area contributed by atoms with Crippen LogP contribution in [0.1, 0.15) is 17.5 Å². The van der Waals surface area contributed by atoms with E-state index < -0.39 is 11.7 Å². The van der Waals surface area contributed by atoms with Gasteiger partial charge in [-0.1, -0.05) is 6.07 Å². The lowest BCUT2D eigenvalue weighted by Crippen LogP contribution is -2.12. The van der Waals surface area contributed by atoms with Crippen LogP contribution in [0.5, 0.6) is 5.75 Å². The van der Waals surface area contributed by atoms with Crippen molar-refractivity contribution in [1.29, 1.82) is 0 Å². The van der Waals surface area contributed by atoms with E-state index in [1.165, 1.54) is 13.2 Å². The molecule has 1 aromatic carbocycles. The zero-order valence-corrected chi connectivity index (χ0v) is 10.8. The monoisotopic (exact) mass is 277 g/mol. The predicted molar refractivity (Wildman–Crippen MR) is 66.2 cm³/mol. The van der Waals surface area contributed by atoms with Gasteiger partial charge < -0.3 is 15.2 Å². The first-order chi connectivity index (χ1) is 8.99. The van der Waals surface area contributed by atoms with Gasteiger partial charge in [0.1, 0.15) is 5.75 Å². The Morgan fingerprint density at radius 2 is 1.95 bits per heavy atom. The Morgan fingerprint density at radius 3 is 2.53 bits per heavy atom. The highest BCUT2D eigenvalue weighted by molar-refractivity contribution is 5.39. The molecule has 108 valence electrons. The van der Waals surface area contributed by atoms with Crippen LogP contribution in [0.2, 0.25) is 0 Å². The highest BCUT2D eigenvalue weighted by Gasteiger charge is 2.34. The number of rotatable bonds is 7. The third-order valence-corrected chi connectivity index (χ3v) is 2.53. The summed E-state index contributed by atoms with van der Waals surface area (Å²) in [5, 5.41) is 0. The van der Waals surface area contributed by atoms with Gasteiger partial charge >= 0.3 is 6.18 Å². The summed E-state index contributed by atoms with van der Waals surface area (Å²) in [6.45, 7) is 0.950. The van der Waals surface area contributed by atoms with E-state index in [0.29, 0.717) is 31.6 Å². The normalized spacial score (nSPS) is 11.6. The second-order valence-corrected chi connectivity index (χ2v) is 4.06. The van der Waals surface area contributed by atoms with Crippen LogP contribution in [0.3, 0.4) is 0 Å². The highest BCUT2D eigenvalue weighted by Crippen LogP contribution is 2.36. The third kappa shape index (κ3) is 5.08. The molecule has 2 N–H and O–H groups in total. The van der Waals surface area contributed by atoms with E-state index in [2.05, 4.69) is 0 Å². The van der Waals surface area contributed by atoms with Gasteiger partial charge in [-0.15, -0.1) is 0 Å². The molecule has 0 heterocycles. The zero-order chi connectivity index (χ0) is 14.3. The number of ether oxygens (including phenoxy) is 2. The average Bonchev–Trinajstić information content (AvgIpc) is 2.35. The van der Waals surface area contributed by atoms with E-state index in [1.807, 2.05) is 0 Å². The number of hydrogen-bond donors (Lipinski definition) is 1. The topological polar surface area (TPSA) is 44.5 Å². The largest absolute Gasteiger partial charge is 0.493 e. The Kier molecular flexibility index (Phi) is 6.11. The zero-order valence-electron chi connectivity index (χ0n) is 10.8. The fourth-order valence-corrected chi connectivity index (χ4v) is 1.63. The number of benzene rings is 1. The molecule has 0 aliphatic rings. The van der Waals surface area contributed by atoms with Crippen LogP contribution in [0.25, 0.3) is 0 Å². The fraction of sp³-hybridized carbons (Fsp3) is 0.538. The van der Waals surface area contributed by atoms with Gasteiger partial charge in [0.05, 0.1) is 12.2 Å². The van der Waals surface area contributed by atoms with Gasteiger partial charge in [-0.05, 0) is 30.7 Å². The predicted octanol–water partition coefficient (Wildman–Crippen LogP) is 2.62. The Hall–Kier alpha value is -1.27. The minimum absolute atomic E-state index is 0.149. The van der Waals surface area contributed by atoms with Crippen molar-refractivity contribution in [3.8, 4) is 5.75 Å². The quantitative estimate of drug-likeness (QED) is 0.779. The maximum absolute atomic E-state index is 12.9. The van der Waals surface area contributed by atoms with E-state index in [4.69, 9.17) is 15.2 Å². The van der Waals surface area contributed by atoms with Crippen LogP contribution in [-0.2, 0) is 17.3 Å². The van der Waals surface area contributed by atoms with Crippen molar-refractivity contribution in [2.75, 3.05) is 26.9 Å². The van der Waals surface area contributed by atoms with Crippen molar-refractivity contribution in [1.82, 2.24) is 0 Å². The summed E-state index contributed by atoms with van der Waals surface area (Å²) in [7, 11) is 1.53. The Morgan fingerprint density at radius 1 is 1.21 bits per heavy atom. The second kappa shape index (κ2) is 7.35. The van der Waals surface area contributed by atoms with E-state index >= 15 is 0 Å². The van der Waals surface area contributed by atoms with Crippen LogP contribution in [0.4, 0.5) is 13.2 Å². The van der Waals surface area contributed by atoms with Gasteiger partial charge in [-0.3, -0.25) is 0 Å². The number of nitrogens with two attached hydrogens (primary N) is 1. The molecule has 0 aromatic heterocycles. The van der Waals surface area contributed by atoms with Crippen molar-refractivity contribution in [3.05, 3.63) is 29.3 Å². The minimum atomic E-state index is -4.43. The molecule has 0 amide bonds. The maximum Gasteiger partial charge on any atom is 0.419 e. The van der Waals surface area contributed by atoms with Gasteiger partial charge in [-0.25, -0.2) is 0 Å². The lowest BCUT2D eigenvalue weighted by atomic mass is 10.1. The summed E-state index contributed by atoms with van der Waals surface area (Å²) in [5.41, 5.74) is 5.15. The van der Waals surface area contributed by atoms with Crippen LogP contribution >= 0.6 is 0 Å². The van der Waals surface area contributed by atoms with E-state index in [-0.39, 0.29) is 12.4 Å². The lowest BCUT2D eigenvalue weighted by molar-refractivity contribution is -0.139. The van der Waals surface area contributed by atoms with Gasteiger partial charge in [0, 0.05) is 20.1 Å². The standard InChI is InChI=1S/C13H18F3NO2/c1-18-7-2-8-19-12-4-3-10(5-6-17)9-11(12)13(14,15)16/h3-4,9H,2,5-8,17H2,1H3. The van der Waals surface area contributed by atoms with Crippen molar-refractivity contribution >= 4 is 0 Å². The van der Waals surface area contributed by atoms with Gasteiger partial charge in [0.2, 0.25) is 0 Å². The molecule has 19 heavy (non-hydrogen) atoms. The van der Waals surface area contributed by atoms with Gasteiger partial charge in [-0.2, -0.15) is 13.2 Å². The first-order valence-electron chi connectivity index (χ1n) is 6.01. The SMILES string of the molecule is COCCCOc1ccc(CCN)cc1C(F)(F)F. The Balaban J connectivity index is 2.84. The van der Waals surface area contributed by atoms with E-state index in [0.717, 1.165) is 6.07 Å². The molecule has 1 aromatic rings. The second-order valence-electron chi connectivity index (χ2n) is 4.06. The molecule has 0 saturated carbocycles. The molecular weight excluding hydrogens is 259 g/mol. The molecule has 0 fully saturated rings. The molecule has 0 atom stereocenters. The summed E-state index contributed by atoms with van der Waals surface area (Å²) in [6, 6.07) is 4.05. The highest BCUT2D eigenvalue weighted by atomic mass is 19.4. The molecule has 0 bridgehead atoms. The number of alkyl halides is 3. The summed E-state index contributed by atoms with van der Waals surface area (Å²) >= 11 is 0. The van der Waals surface area contributed by atoms with E-state index in [1.54, 1.807) is 6.07 Å². The summed E-state index contributed by atoms with van der Waals surface area (Å²) in [6.07, 6.45) is -3.48. The first kappa shape index (κ1) is 15.8. The third-order valence-electron chi connectivity index (χ3n) is 2.53. The lowest BCUT2D eigenvalue weighted by Gasteiger charge is -2.15. The first-order valence-corrected chi connectivity index (χ1v) is 6.01. The van der Waals surface area contributed by atoms with Gasteiger partial charge in [0.15, 0.2) is 0 Å². The molecule has 3 nitrogen and oxygen atoms in total. The molecule has 6 heteroatoms. The fourth-order valence-electron chi connectivity index (χ4n) is 1.63. The smallest absolute Gasteiger partial charge is 0.419 e. The molecule has 0 aliphatic carbocycles. The van der Waals surface area contributed by atoms with Crippen LogP contribution in [0.15, 0.2) is 18.2 Å². The van der Waals surface area contributed by atoms with Gasteiger partial charge in [0.25, 0.3) is 0 Å². The summed E-state index contributed by atoms with van der Waals surface area (Å²) < 4.78 is 48.7. The van der Waals surface area contributed by atoms with Crippen molar-refractivity contribution < 1.29 is 22.6 Å². The number of hydrogen-bond acceptors (Lipinski definition) is 3. The Bertz CT molecular complexity index is 394. The van der Waals surface area contributed by atoms with Crippen molar-refractivity contribution in [2.24, 2.45) is 5.73 Å². The van der Waals surface area contributed by atoms with Crippen LogP contribution in [0, 0.1) is 0 Å². The Labute approximate surface area is 110 Å². The summed E-state index contributed by atoms with van der Waals surface area (Å²) in [5.74, 6) is -0.149. The van der Waals surface area contributed by atoms with Crippen molar-refractivity contribution in [2.45, 2.75) is 19.0 Å². The average molecular weight is 277 g/mol. The molecule has 0 saturated heterocycles. The molecular formula is C13H18F3NO2. The summed E-state index contributed by atoms with van der Waals surface area (Å²) in [4.78, 5) is 0. The molecule has 1 rings (SSSR count). The number of halogens is 3. The van der Waals surface area contributed by atoms with Crippen LogP contribution < -0.4 is 10.5 Å². The maximum atomic E-state index is 12.9. The molecule has 0 spiro atoms. The molecule has 0 unspecified atom stereocenters. The molecule has 0 radical (unpaired) electrons. The molecule has 0 aliphatic heterocycles. The van der Waals surface area contributed by atoms with E-state index in [9.17, 15) is 13.2 Å².